The van der Waals surface area contributed by atoms with Crippen molar-refractivity contribution in [1.82, 2.24) is 0 Å². The van der Waals surface area contributed by atoms with E-state index in [1.165, 1.54) is 21.0 Å². The molecule has 0 N–H and O–H groups in total. The Balaban J connectivity index is 2.72. The van der Waals surface area contributed by atoms with Crippen molar-refractivity contribution in [1.29, 1.82) is 0 Å². The Morgan fingerprint density at radius 3 is 2.17 bits per heavy atom. The smallest absolute Gasteiger partial charge is 0.303 e. The molecule has 1 saturated carbocycles. The molecule has 1 aliphatic carbocycles. The van der Waals surface area contributed by atoms with Crippen molar-refractivity contribution in [3.05, 3.63) is 0 Å². The Morgan fingerprint density at radius 2 is 1.78 bits per heavy atom. The van der Waals surface area contributed by atoms with Gasteiger partial charge in [-0.15, -0.1) is 0 Å². The van der Waals surface area contributed by atoms with Gasteiger partial charge in [-0.25, -0.2) is 0 Å². The molecule has 102 valence electrons. The lowest BCUT2D eigenvalue weighted by atomic mass is 9.78. The minimum Gasteiger partial charge on any atom is -0.458 e. The van der Waals surface area contributed by atoms with E-state index in [4.69, 9.17) is 14.2 Å². The Morgan fingerprint density at radius 1 is 1.22 bits per heavy atom. The van der Waals surface area contributed by atoms with Crippen LogP contribution in [0.25, 0.3) is 0 Å². The molecule has 0 aromatic carbocycles. The van der Waals surface area contributed by atoms with Gasteiger partial charge in [-0.05, 0) is 0 Å². The van der Waals surface area contributed by atoms with Crippen molar-refractivity contribution in [2.75, 3.05) is 13.7 Å². The van der Waals surface area contributed by atoms with Crippen LogP contribution in [-0.4, -0.2) is 43.6 Å². The second kappa shape index (κ2) is 6.49. The van der Waals surface area contributed by atoms with E-state index in [1.807, 2.05) is 0 Å². The van der Waals surface area contributed by atoms with E-state index in [0.29, 0.717) is 12.8 Å². The number of rotatable bonds is 6. The van der Waals surface area contributed by atoms with Gasteiger partial charge in [-0.1, -0.05) is 0 Å². The van der Waals surface area contributed by atoms with Gasteiger partial charge >= 0.3 is 11.9 Å². The molecule has 18 heavy (non-hydrogen) atoms. The van der Waals surface area contributed by atoms with Crippen LogP contribution in [0.4, 0.5) is 0 Å². The number of hydrogen-bond acceptors (Lipinski definition) is 6. The standard InChI is InChI=1S/C12H18O6/c1-7(13)17-11(6-16-3)12(18-8(2)14)9-4-10(15)5-9/h9,11-12H,4-6H2,1-3H3/t11-,12+/m0/s1. The third-order valence-corrected chi connectivity index (χ3v) is 2.76. The number of esters is 2. The number of ether oxygens (including phenoxy) is 3. The zero-order valence-corrected chi connectivity index (χ0v) is 10.8. The van der Waals surface area contributed by atoms with Crippen molar-refractivity contribution in [3.8, 4) is 0 Å². The van der Waals surface area contributed by atoms with Crippen LogP contribution in [0, 0.1) is 5.92 Å². The highest BCUT2D eigenvalue weighted by atomic mass is 16.6. The minimum absolute atomic E-state index is 0.0964. The molecule has 0 aromatic heterocycles. The maximum absolute atomic E-state index is 11.1. The second-order valence-corrected chi connectivity index (χ2v) is 4.38. The average molecular weight is 258 g/mol. The molecule has 1 aliphatic rings. The minimum atomic E-state index is -0.672. The SMILES string of the molecule is COC[C@H](OC(C)=O)[C@H](OC(C)=O)C1CC(=O)C1. The van der Waals surface area contributed by atoms with Crippen LogP contribution in [0.3, 0.4) is 0 Å². The van der Waals surface area contributed by atoms with E-state index in [1.54, 1.807) is 0 Å². The van der Waals surface area contributed by atoms with Gasteiger partial charge in [0.05, 0.1) is 6.61 Å². The first-order chi connectivity index (χ1) is 8.43. The number of ketones is 1. The van der Waals surface area contributed by atoms with Gasteiger partial charge in [-0.2, -0.15) is 0 Å². The van der Waals surface area contributed by atoms with Gasteiger partial charge in [0, 0.05) is 39.7 Å². The molecule has 0 amide bonds. The molecule has 0 saturated heterocycles. The summed E-state index contributed by atoms with van der Waals surface area (Å²) in [6.45, 7) is 2.69. The molecule has 0 bridgehead atoms. The van der Waals surface area contributed by atoms with Crippen molar-refractivity contribution in [2.24, 2.45) is 5.92 Å². The van der Waals surface area contributed by atoms with E-state index in [2.05, 4.69) is 0 Å². The molecule has 1 fully saturated rings. The van der Waals surface area contributed by atoms with Gasteiger partial charge in [-0.3, -0.25) is 14.4 Å². The van der Waals surface area contributed by atoms with Gasteiger partial charge in [0.1, 0.15) is 11.9 Å². The topological polar surface area (TPSA) is 78.9 Å². The van der Waals surface area contributed by atoms with Crippen molar-refractivity contribution in [3.63, 3.8) is 0 Å². The summed E-state index contributed by atoms with van der Waals surface area (Å²) in [5, 5.41) is 0. The Labute approximate surface area is 106 Å². The molecule has 0 spiro atoms. The maximum Gasteiger partial charge on any atom is 0.303 e. The van der Waals surface area contributed by atoms with E-state index >= 15 is 0 Å². The molecule has 0 heterocycles. The highest BCUT2D eigenvalue weighted by Crippen LogP contribution is 2.31. The predicted octanol–water partition coefficient (Wildman–Crippen LogP) is 0.475. The summed E-state index contributed by atoms with van der Waals surface area (Å²) < 4.78 is 15.2. The van der Waals surface area contributed by atoms with Crippen LogP contribution in [0.15, 0.2) is 0 Å². The van der Waals surface area contributed by atoms with Crippen LogP contribution in [0.1, 0.15) is 26.7 Å². The van der Waals surface area contributed by atoms with Gasteiger partial charge in [0.25, 0.3) is 0 Å². The third kappa shape index (κ3) is 4.10. The van der Waals surface area contributed by atoms with Crippen molar-refractivity contribution in [2.45, 2.75) is 38.9 Å². The van der Waals surface area contributed by atoms with E-state index < -0.39 is 24.1 Å². The number of Topliss-reactive ketones (excluding diaryl/α,β-unsaturated/α-hetero) is 1. The molecule has 0 radical (unpaired) electrons. The maximum atomic E-state index is 11.1. The van der Waals surface area contributed by atoms with Gasteiger partial charge < -0.3 is 14.2 Å². The molecule has 1 rings (SSSR count). The monoisotopic (exact) mass is 258 g/mol. The molecule has 2 atom stereocenters. The highest BCUT2D eigenvalue weighted by molar-refractivity contribution is 5.84. The van der Waals surface area contributed by atoms with Crippen LogP contribution >= 0.6 is 0 Å². The first-order valence-corrected chi connectivity index (χ1v) is 5.79. The fourth-order valence-electron chi connectivity index (χ4n) is 2.00. The Kier molecular flexibility index (Phi) is 5.27. The Hall–Kier alpha value is -1.43. The zero-order valence-electron chi connectivity index (χ0n) is 10.8. The third-order valence-electron chi connectivity index (χ3n) is 2.76. The largest absolute Gasteiger partial charge is 0.458 e. The molecule has 0 unspecified atom stereocenters. The summed E-state index contributed by atoms with van der Waals surface area (Å²) >= 11 is 0. The first-order valence-electron chi connectivity index (χ1n) is 5.79. The van der Waals surface area contributed by atoms with E-state index in [-0.39, 0.29) is 18.3 Å². The summed E-state index contributed by atoms with van der Waals surface area (Å²) in [4.78, 5) is 33.1. The van der Waals surface area contributed by atoms with Crippen LogP contribution in [-0.2, 0) is 28.6 Å². The van der Waals surface area contributed by atoms with E-state index in [9.17, 15) is 14.4 Å². The predicted molar refractivity (Wildman–Crippen MR) is 60.7 cm³/mol. The summed E-state index contributed by atoms with van der Waals surface area (Å²) in [6, 6.07) is 0. The Bertz CT molecular complexity index is 329. The van der Waals surface area contributed by atoms with Crippen LogP contribution in [0.5, 0.6) is 0 Å². The number of carbonyl (C=O) groups is 3. The van der Waals surface area contributed by atoms with Gasteiger partial charge in [0.15, 0.2) is 6.10 Å². The number of methoxy groups -OCH3 is 1. The fourth-order valence-corrected chi connectivity index (χ4v) is 2.00. The fraction of sp³-hybridized carbons (Fsp3) is 0.750. The summed E-state index contributed by atoms with van der Waals surface area (Å²) in [5.41, 5.74) is 0. The molecule has 6 heteroatoms. The van der Waals surface area contributed by atoms with Crippen LogP contribution in [0.2, 0.25) is 0 Å². The molecule has 0 aliphatic heterocycles. The molecular formula is C12H18O6. The summed E-state index contributed by atoms with van der Waals surface area (Å²) in [5.74, 6) is -0.912. The summed E-state index contributed by atoms with van der Waals surface area (Å²) in [6.07, 6.45) is -0.600. The lowest BCUT2D eigenvalue weighted by Gasteiger charge is -2.35. The number of carbonyl (C=O) groups excluding carboxylic acids is 3. The normalized spacial score (nSPS) is 18.7. The molecular weight excluding hydrogens is 240 g/mol. The highest BCUT2D eigenvalue weighted by Gasteiger charge is 2.41. The van der Waals surface area contributed by atoms with Gasteiger partial charge in [0.2, 0.25) is 0 Å². The summed E-state index contributed by atoms with van der Waals surface area (Å²) in [7, 11) is 1.47. The zero-order chi connectivity index (χ0) is 13.7. The molecule has 6 nitrogen and oxygen atoms in total. The van der Waals surface area contributed by atoms with Crippen molar-refractivity contribution < 1.29 is 28.6 Å². The first kappa shape index (κ1) is 14.6. The molecule has 0 aromatic rings. The van der Waals surface area contributed by atoms with E-state index in [0.717, 1.165) is 0 Å². The lowest BCUT2D eigenvalue weighted by Crippen LogP contribution is -2.47. The van der Waals surface area contributed by atoms with Crippen molar-refractivity contribution >= 4 is 17.7 Å². The lowest BCUT2D eigenvalue weighted by molar-refractivity contribution is -0.178. The van der Waals surface area contributed by atoms with Crippen LogP contribution < -0.4 is 0 Å². The quantitative estimate of drug-likeness (QED) is 0.644. The second-order valence-electron chi connectivity index (χ2n) is 4.38. The number of hydrogen-bond donors (Lipinski definition) is 0. The average Bonchev–Trinajstić information content (AvgIpc) is 2.20.